The van der Waals surface area contributed by atoms with Gasteiger partial charge in [-0.05, 0) is 42.0 Å². The van der Waals surface area contributed by atoms with Crippen molar-refractivity contribution in [1.82, 2.24) is 0 Å². The van der Waals surface area contributed by atoms with Gasteiger partial charge in [0.15, 0.2) is 0 Å². The number of thiol groups is 1. The summed E-state index contributed by atoms with van der Waals surface area (Å²) in [6, 6.07) is 13.3. The summed E-state index contributed by atoms with van der Waals surface area (Å²) in [6.07, 6.45) is -7.39. The minimum absolute atomic E-state index is 0.0246. The SMILES string of the molecule is O=C(Nc1ccc(S)cc1)OCc1ccc(O[C@@H]2OC(CO)[C@H](O)C(O)[C@@H]2O)cc1. The van der Waals surface area contributed by atoms with Crippen LogP contribution in [0, 0.1) is 0 Å². The van der Waals surface area contributed by atoms with E-state index in [2.05, 4.69) is 17.9 Å². The first-order chi connectivity index (χ1) is 14.4. The first-order valence-corrected chi connectivity index (χ1v) is 9.61. The maximum Gasteiger partial charge on any atom is 0.411 e. The van der Waals surface area contributed by atoms with Crippen LogP contribution in [0.15, 0.2) is 53.4 Å². The zero-order valence-corrected chi connectivity index (χ0v) is 16.7. The zero-order valence-electron chi connectivity index (χ0n) is 15.8. The van der Waals surface area contributed by atoms with Crippen molar-refractivity contribution >= 4 is 24.4 Å². The highest BCUT2D eigenvalue weighted by atomic mass is 32.1. The fourth-order valence-corrected chi connectivity index (χ4v) is 2.96. The van der Waals surface area contributed by atoms with Gasteiger partial charge in [0.05, 0.1) is 6.61 Å². The number of carbonyl (C=O) groups is 1. The van der Waals surface area contributed by atoms with E-state index >= 15 is 0 Å². The summed E-state index contributed by atoms with van der Waals surface area (Å²) in [5.74, 6) is 0.319. The summed E-state index contributed by atoms with van der Waals surface area (Å²) in [5, 5.41) is 41.4. The fraction of sp³-hybridized carbons (Fsp3) is 0.350. The van der Waals surface area contributed by atoms with Crippen molar-refractivity contribution in [3.63, 3.8) is 0 Å². The number of amides is 1. The summed E-state index contributed by atoms with van der Waals surface area (Å²) >= 11 is 4.17. The number of aliphatic hydroxyl groups is 4. The highest BCUT2D eigenvalue weighted by Crippen LogP contribution is 2.24. The molecule has 30 heavy (non-hydrogen) atoms. The van der Waals surface area contributed by atoms with Crippen LogP contribution in [0.25, 0.3) is 0 Å². The lowest BCUT2D eigenvalue weighted by atomic mass is 9.99. The molecular formula is C20H23NO8S. The third-order valence-corrected chi connectivity index (χ3v) is 4.81. The first kappa shape index (κ1) is 22.3. The van der Waals surface area contributed by atoms with Crippen LogP contribution >= 0.6 is 12.6 Å². The van der Waals surface area contributed by atoms with Crippen molar-refractivity contribution in [2.75, 3.05) is 11.9 Å². The molecule has 9 nitrogen and oxygen atoms in total. The van der Waals surface area contributed by atoms with Gasteiger partial charge in [0.25, 0.3) is 0 Å². The second kappa shape index (κ2) is 10.1. The molecular weight excluding hydrogens is 414 g/mol. The standard InChI is InChI=1S/C20H23NO8S/c22-9-15-16(23)17(24)18(25)19(29-15)28-13-5-1-11(2-6-13)10-27-20(26)21-12-3-7-14(30)8-4-12/h1-8,15-19,22-25,30H,9-10H2,(H,21,26)/t15?,16-,17?,18-,19+/m0/s1. The third-order valence-electron chi connectivity index (χ3n) is 4.51. The average Bonchev–Trinajstić information content (AvgIpc) is 2.75. The molecule has 2 aromatic carbocycles. The van der Waals surface area contributed by atoms with Gasteiger partial charge in [0, 0.05) is 10.6 Å². The fourth-order valence-electron chi connectivity index (χ4n) is 2.81. The smallest absolute Gasteiger partial charge is 0.411 e. The zero-order chi connectivity index (χ0) is 21.7. The number of hydrogen-bond donors (Lipinski definition) is 6. The molecule has 0 saturated carbocycles. The normalized spacial score (nSPS) is 26.1. The van der Waals surface area contributed by atoms with Crippen LogP contribution in [0.1, 0.15) is 5.56 Å². The second-order valence-electron chi connectivity index (χ2n) is 6.71. The van der Waals surface area contributed by atoms with Gasteiger partial charge < -0.3 is 34.6 Å². The molecule has 1 aliphatic heterocycles. The van der Waals surface area contributed by atoms with Gasteiger partial charge in [-0.3, -0.25) is 5.32 Å². The molecule has 1 aliphatic rings. The molecule has 5 N–H and O–H groups in total. The van der Waals surface area contributed by atoms with Crippen molar-refractivity contribution in [3.05, 3.63) is 54.1 Å². The van der Waals surface area contributed by atoms with E-state index < -0.39 is 43.4 Å². The molecule has 0 aliphatic carbocycles. The van der Waals surface area contributed by atoms with Crippen LogP contribution in [0.2, 0.25) is 0 Å². The molecule has 1 heterocycles. The number of ether oxygens (including phenoxy) is 3. The maximum absolute atomic E-state index is 11.9. The minimum atomic E-state index is -1.52. The van der Waals surface area contributed by atoms with E-state index in [0.717, 1.165) is 4.90 Å². The van der Waals surface area contributed by atoms with E-state index in [1.807, 2.05) is 0 Å². The summed E-state index contributed by atoms with van der Waals surface area (Å²) in [5.41, 5.74) is 1.28. The second-order valence-corrected chi connectivity index (χ2v) is 7.22. The highest BCUT2D eigenvalue weighted by Gasteiger charge is 2.44. The largest absolute Gasteiger partial charge is 0.462 e. The molecule has 1 fully saturated rings. The van der Waals surface area contributed by atoms with Crippen molar-refractivity contribution in [2.24, 2.45) is 0 Å². The average molecular weight is 437 g/mol. The first-order valence-electron chi connectivity index (χ1n) is 9.16. The van der Waals surface area contributed by atoms with Gasteiger partial charge in [-0.1, -0.05) is 12.1 Å². The van der Waals surface area contributed by atoms with Gasteiger partial charge in [0.2, 0.25) is 6.29 Å². The molecule has 0 bridgehead atoms. The molecule has 2 aromatic rings. The van der Waals surface area contributed by atoms with Gasteiger partial charge >= 0.3 is 6.09 Å². The predicted molar refractivity (Wildman–Crippen MR) is 108 cm³/mol. The number of hydrogen-bond acceptors (Lipinski definition) is 9. The van der Waals surface area contributed by atoms with Crippen molar-refractivity contribution < 1.29 is 39.4 Å². The van der Waals surface area contributed by atoms with Crippen molar-refractivity contribution in [2.45, 2.75) is 42.2 Å². The van der Waals surface area contributed by atoms with E-state index in [0.29, 0.717) is 17.0 Å². The molecule has 2 unspecified atom stereocenters. The van der Waals surface area contributed by atoms with Crippen LogP contribution in [0.4, 0.5) is 10.5 Å². The number of anilines is 1. The molecule has 162 valence electrons. The Morgan fingerprint density at radius 1 is 1.00 bits per heavy atom. The van der Waals surface area contributed by atoms with E-state index in [1.165, 1.54) is 0 Å². The Morgan fingerprint density at radius 2 is 1.67 bits per heavy atom. The van der Waals surface area contributed by atoms with E-state index in [-0.39, 0.29) is 6.61 Å². The maximum atomic E-state index is 11.9. The minimum Gasteiger partial charge on any atom is -0.462 e. The Labute approximate surface area is 178 Å². The van der Waals surface area contributed by atoms with Gasteiger partial charge in [0.1, 0.15) is 36.8 Å². The summed E-state index contributed by atoms with van der Waals surface area (Å²) in [6.45, 7) is -0.515. The number of rotatable bonds is 6. The Kier molecular flexibility index (Phi) is 7.53. The molecule has 5 atom stereocenters. The Morgan fingerprint density at radius 3 is 2.30 bits per heavy atom. The molecule has 0 radical (unpaired) electrons. The van der Waals surface area contributed by atoms with E-state index in [9.17, 15) is 25.2 Å². The lowest BCUT2D eigenvalue weighted by molar-refractivity contribution is -0.277. The monoisotopic (exact) mass is 437 g/mol. The third kappa shape index (κ3) is 5.63. The molecule has 10 heteroatoms. The van der Waals surface area contributed by atoms with Crippen LogP contribution in [-0.4, -0.2) is 63.8 Å². The van der Waals surface area contributed by atoms with Crippen LogP contribution in [0.5, 0.6) is 5.75 Å². The summed E-state index contributed by atoms with van der Waals surface area (Å²) < 4.78 is 16.0. The summed E-state index contributed by atoms with van der Waals surface area (Å²) in [7, 11) is 0. The van der Waals surface area contributed by atoms with Gasteiger partial charge in [-0.15, -0.1) is 12.6 Å². The Bertz CT molecular complexity index is 830. The van der Waals surface area contributed by atoms with Gasteiger partial charge in [-0.2, -0.15) is 0 Å². The van der Waals surface area contributed by atoms with Crippen LogP contribution < -0.4 is 10.1 Å². The number of benzene rings is 2. The topological polar surface area (TPSA) is 138 Å². The van der Waals surface area contributed by atoms with Gasteiger partial charge in [-0.25, -0.2) is 4.79 Å². The summed E-state index contributed by atoms with van der Waals surface area (Å²) in [4.78, 5) is 12.6. The van der Waals surface area contributed by atoms with Crippen LogP contribution in [0.3, 0.4) is 0 Å². The van der Waals surface area contributed by atoms with Crippen molar-refractivity contribution in [3.8, 4) is 5.75 Å². The van der Waals surface area contributed by atoms with E-state index in [1.54, 1.807) is 48.5 Å². The molecule has 1 saturated heterocycles. The molecule has 1 amide bonds. The van der Waals surface area contributed by atoms with Crippen LogP contribution in [-0.2, 0) is 16.1 Å². The highest BCUT2D eigenvalue weighted by molar-refractivity contribution is 7.80. The Hall–Kier alpha value is -2.34. The molecule has 0 spiro atoms. The lowest BCUT2D eigenvalue weighted by Gasteiger charge is -2.39. The quantitative estimate of drug-likeness (QED) is 0.367. The van der Waals surface area contributed by atoms with Crippen molar-refractivity contribution in [1.29, 1.82) is 0 Å². The van der Waals surface area contributed by atoms with E-state index in [4.69, 9.17) is 14.2 Å². The number of aliphatic hydroxyl groups excluding tert-OH is 4. The predicted octanol–water partition coefficient (Wildman–Crippen LogP) is 0.903. The number of nitrogens with one attached hydrogen (secondary N) is 1. The molecule has 3 rings (SSSR count). The molecule has 0 aromatic heterocycles. The lowest BCUT2D eigenvalue weighted by Crippen LogP contribution is -2.60. The Balaban J connectivity index is 1.51. The number of carbonyl (C=O) groups excluding carboxylic acids is 1.